The summed E-state index contributed by atoms with van der Waals surface area (Å²) in [7, 11) is 0.408. The number of hydrogen-bond acceptors (Lipinski definition) is 19. The number of rotatable bonds is 38. The second kappa shape index (κ2) is 35.4. The van der Waals surface area contributed by atoms with Crippen LogP contribution in [-0.4, -0.2) is 192 Å². The quantitative estimate of drug-likeness (QED) is 0.00787. The first kappa shape index (κ1) is 78.7. The number of carbonyl (C=O) groups excluding carboxylic acids is 11. The van der Waals surface area contributed by atoms with Gasteiger partial charge in [0, 0.05) is 133 Å². The maximum Gasteiger partial charge on any atom is 0.279 e. The Hall–Kier alpha value is -9.40. The molecule has 7 amide bonds. The number of nitrogens with zero attached hydrogens (tertiary/aromatic N) is 7. The van der Waals surface area contributed by atoms with Crippen molar-refractivity contribution in [3.05, 3.63) is 125 Å². The molecule has 104 heavy (non-hydrogen) atoms. The van der Waals surface area contributed by atoms with Gasteiger partial charge in [-0.3, -0.25) is 66.8 Å². The molecule has 5 atom stereocenters. The molecule has 0 spiro atoms. The van der Waals surface area contributed by atoms with Gasteiger partial charge in [-0.1, -0.05) is 32.4 Å². The van der Waals surface area contributed by atoms with Crippen molar-refractivity contribution in [1.82, 2.24) is 38.4 Å². The molecule has 4 aromatic heterocycles. The average molecular weight is 1470 g/mol. The number of anilines is 3. The second-order valence-electron chi connectivity index (χ2n) is 27.0. The van der Waals surface area contributed by atoms with E-state index in [4.69, 9.17) is 19.9 Å². The van der Waals surface area contributed by atoms with E-state index in [-0.39, 0.29) is 173 Å². The topological polar surface area (TPSA) is 383 Å². The Morgan fingerprint density at radius 1 is 0.779 bits per heavy atom. The van der Waals surface area contributed by atoms with Crippen molar-refractivity contribution >= 4 is 115 Å². The molecular formula is C73H92N12O17S2. The Morgan fingerprint density at radius 2 is 1.52 bits per heavy atom. The third-order valence-corrected chi connectivity index (χ3v) is 21.0. The smallest absolute Gasteiger partial charge is 0.279 e. The summed E-state index contributed by atoms with van der Waals surface area (Å²) >= 11 is 1.33. The number of benzene rings is 2. The molecule has 558 valence electrons. The highest BCUT2D eigenvalue weighted by atomic mass is 32.2. The molecule has 2 fully saturated rings. The molecular weight excluding hydrogens is 1380 g/mol. The van der Waals surface area contributed by atoms with Crippen LogP contribution in [0, 0.1) is 18.8 Å². The molecule has 29 nitrogen and oxygen atoms in total. The van der Waals surface area contributed by atoms with E-state index in [0.29, 0.717) is 94.7 Å². The summed E-state index contributed by atoms with van der Waals surface area (Å²) in [5, 5.41) is 10.4. The van der Waals surface area contributed by atoms with Crippen LogP contribution in [-0.2, 0) is 87.1 Å². The summed E-state index contributed by atoms with van der Waals surface area (Å²) in [6.07, 6.45) is 10.8. The zero-order valence-corrected chi connectivity index (χ0v) is 61.3. The van der Waals surface area contributed by atoms with Gasteiger partial charge in [0.2, 0.25) is 35.3 Å². The summed E-state index contributed by atoms with van der Waals surface area (Å²) in [6, 6.07) is 11.6. The number of likely N-dealkylation sites (tertiary alicyclic amines) is 1. The zero-order chi connectivity index (χ0) is 75.3. The van der Waals surface area contributed by atoms with E-state index in [9.17, 15) is 65.7 Å². The van der Waals surface area contributed by atoms with E-state index in [2.05, 4.69) is 32.8 Å². The van der Waals surface area contributed by atoms with E-state index in [0.717, 1.165) is 0 Å². The van der Waals surface area contributed by atoms with E-state index >= 15 is 0 Å². The Balaban J connectivity index is 0.706. The molecule has 3 aliphatic heterocycles. The molecule has 0 saturated carbocycles. The number of carbonyl (C=O) groups is 11. The zero-order valence-electron chi connectivity index (χ0n) is 59.7. The van der Waals surface area contributed by atoms with Gasteiger partial charge in [-0.05, 0) is 129 Å². The molecule has 0 aliphatic carbocycles. The van der Waals surface area contributed by atoms with Gasteiger partial charge >= 0.3 is 0 Å². The minimum atomic E-state index is -4.52. The first-order valence-corrected chi connectivity index (χ1v) is 37.5. The number of unbranched alkanes of at least 4 members (excludes halogenated alkanes) is 1. The van der Waals surface area contributed by atoms with Crippen LogP contribution in [0.2, 0.25) is 0 Å². The molecule has 2 unspecified atom stereocenters. The lowest BCUT2D eigenvalue weighted by atomic mass is 9.89. The van der Waals surface area contributed by atoms with Gasteiger partial charge in [0.15, 0.2) is 17.4 Å². The number of imidazole rings is 1. The Kier molecular flexibility index (Phi) is 26.8. The van der Waals surface area contributed by atoms with Crippen LogP contribution in [0.1, 0.15) is 150 Å². The van der Waals surface area contributed by atoms with Crippen molar-refractivity contribution in [1.29, 1.82) is 0 Å². The summed E-state index contributed by atoms with van der Waals surface area (Å²) in [4.78, 5) is 153. The van der Waals surface area contributed by atoms with Crippen molar-refractivity contribution in [3.8, 4) is 5.75 Å². The minimum Gasteiger partial charge on any atom is -0.493 e. The van der Waals surface area contributed by atoms with Crippen molar-refractivity contribution in [3.63, 3.8) is 0 Å². The molecule has 2 aromatic carbocycles. The third kappa shape index (κ3) is 19.9. The largest absolute Gasteiger partial charge is 0.493 e. The third-order valence-electron chi connectivity index (χ3n) is 18.8. The number of nitrogens with one attached hydrogen (secondary N) is 4. The average Bonchev–Trinajstić information content (AvgIpc) is 1.61. The van der Waals surface area contributed by atoms with Crippen LogP contribution in [0.25, 0.3) is 10.9 Å². The van der Waals surface area contributed by atoms with Crippen LogP contribution in [0.15, 0.2) is 85.5 Å². The highest BCUT2D eigenvalue weighted by Crippen LogP contribution is 2.37. The standard InChI is InChI=1S/C73H92N12O17S2/c1-43(2)67(79-65(90)20-26-101-28-27-100-24-11-14-52(86)19-23-84-66(91)38-61(103-8)73(84)96)58(87)34-48(13-9-10-21-74)69(92)75-50-16-17-54-47(33-50)18-22-83(54)72(95)57-37-51(41-81(57)6)76-70(93)56-31-46(40-80(56)5)32-59(88)68-78-63(42-82(68)7)77-64(89)15-12-25-102-60-35-49-36-62(104(97,98)99)55-29-44(3)39-85(55)71(94)53(49)30-45(60)4/h16-18,22,30-31,33,35,37,40-43,48,55,61-62,67H,3,9-15,19-21,23-29,32,34,36,38-39,74H2,1-2,4-8H3,(H,75,92)(H,76,93)(H,77,89)(H,79,90)(H,97,98,99)/t48-,55+,61?,62?,67+/m1/s1. The predicted octanol–water partition coefficient (Wildman–Crippen LogP) is 6.54. The number of ether oxygens (including phenoxy) is 3. The Labute approximate surface area is 607 Å². The summed E-state index contributed by atoms with van der Waals surface area (Å²) in [5.74, 6) is -4.13. The SMILES string of the molecule is C=C1C[C@H]2C(S(=O)(=O)O)Cc3cc(OCCCC(=O)Nc4cn(C)c(C(=O)Cc5cc(C(=O)Nc6cc(C(=O)n7ccc8cc(NC(=O)[C@H](CCCCN)CC(=O)[C@@H](NC(=O)CCOCCOCCCC(=O)CCN9C(=O)CC(SC)C9=O)C(C)C)ccc87)n(C)c6)n(C)c5)n4)c(C)cc3C(=O)N2C1. The van der Waals surface area contributed by atoms with Gasteiger partial charge in [-0.15, -0.1) is 0 Å². The minimum absolute atomic E-state index is 0.0222. The van der Waals surface area contributed by atoms with Crippen molar-refractivity contribution < 1.29 is 79.9 Å². The molecule has 0 bridgehead atoms. The van der Waals surface area contributed by atoms with Crippen LogP contribution in [0.4, 0.5) is 17.2 Å². The van der Waals surface area contributed by atoms with Crippen molar-refractivity contribution in [2.24, 2.45) is 38.7 Å². The molecule has 9 rings (SSSR count). The van der Waals surface area contributed by atoms with E-state index in [1.54, 1.807) is 111 Å². The van der Waals surface area contributed by atoms with Gasteiger partial charge in [0.1, 0.15) is 28.2 Å². The molecule has 31 heteroatoms. The number of aromatic nitrogens is 5. The molecule has 3 aliphatic rings. The summed E-state index contributed by atoms with van der Waals surface area (Å²) in [5.41, 5.74) is 10.2. The fourth-order valence-corrected chi connectivity index (χ4v) is 14.9. The lowest BCUT2D eigenvalue weighted by Gasteiger charge is -2.26. The number of thioether (sulfide) groups is 1. The van der Waals surface area contributed by atoms with Gasteiger partial charge in [0.25, 0.3) is 27.8 Å². The van der Waals surface area contributed by atoms with Crippen molar-refractivity contribution in [2.45, 2.75) is 133 Å². The normalized spacial score (nSPS) is 16.5. The number of ketones is 3. The van der Waals surface area contributed by atoms with E-state index in [1.807, 2.05) is 13.8 Å². The van der Waals surface area contributed by atoms with E-state index in [1.165, 1.54) is 36.9 Å². The summed E-state index contributed by atoms with van der Waals surface area (Å²) < 4.78 is 58.4. The molecule has 2 saturated heterocycles. The lowest BCUT2D eigenvalue weighted by molar-refractivity contribution is -0.138. The number of aryl methyl sites for hydroxylation is 4. The van der Waals surface area contributed by atoms with Crippen LogP contribution < -0.4 is 31.7 Å². The van der Waals surface area contributed by atoms with Crippen LogP contribution in [0.5, 0.6) is 5.75 Å². The van der Waals surface area contributed by atoms with E-state index < -0.39 is 62.9 Å². The fourth-order valence-electron chi connectivity index (χ4n) is 13.3. The van der Waals surface area contributed by atoms with Gasteiger partial charge in [0.05, 0.1) is 55.0 Å². The number of Topliss-reactive ketones (excluding diaryl/α,β-unsaturated/α-hetero) is 3. The summed E-state index contributed by atoms with van der Waals surface area (Å²) in [6.45, 7) is 10.9. The highest BCUT2D eigenvalue weighted by Gasteiger charge is 2.46. The number of nitrogens with two attached hydrogens (primary N) is 1. The number of fused-ring (bicyclic) bond motifs is 3. The highest BCUT2D eigenvalue weighted by molar-refractivity contribution is 8.00. The predicted molar refractivity (Wildman–Crippen MR) is 389 cm³/mol. The second-order valence-corrected chi connectivity index (χ2v) is 29.7. The monoisotopic (exact) mass is 1470 g/mol. The number of imide groups is 1. The molecule has 7 heterocycles. The molecule has 7 N–H and O–H groups in total. The first-order valence-electron chi connectivity index (χ1n) is 34.7. The Morgan fingerprint density at radius 3 is 2.24 bits per heavy atom. The van der Waals surface area contributed by atoms with Crippen LogP contribution >= 0.6 is 11.8 Å². The molecule has 6 aromatic rings. The van der Waals surface area contributed by atoms with Gasteiger partial charge in [-0.2, -0.15) is 20.2 Å². The van der Waals surface area contributed by atoms with Crippen LogP contribution in [0.3, 0.4) is 0 Å². The maximum atomic E-state index is 14.2. The number of hydrogen-bond donors (Lipinski definition) is 6. The van der Waals surface area contributed by atoms with Gasteiger partial charge < -0.3 is 59.8 Å². The maximum absolute atomic E-state index is 14.2. The first-order chi connectivity index (χ1) is 49.5. The molecule has 0 radical (unpaired) electrons. The number of amides is 7. The Bertz CT molecular complexity index is 4400. The van der Waals surface area contributed by atoms with Gasteiger partial charge in [-0.25, -0.2) is 4.98 Å². The van der Waals surface area contributed by atoms with Crippen molar-refractivity contribution in [2.75, 3.05) is 74.9 Å². The fraction of sp³-hybridized carbons (Fsp3) is 0.479. The lowest BCUT2D eigenvalue weighted by Crippen LogP contribution is -2.45.